The molecule has 4 nitrogen and oxygen atoms in total. The first-order valence-electron chi connectivity index (χ1n) is 6.12. The number of nitrogens with one attached hydrogen (secondary N) is 1. The fourth-order valence-electron chi connectivity index (χ4n) is 1.77. The summed E-state index contributed by atoms with van der Waals surface area (Å²) in [5.41, 5.74) is 1.04. The SMILES string of the molecule is CCNc1cnc(CSCC2CCCO2)cn1. The second kappa shape index (κ2) is 6.81. The zero-order valence-corrected chi connectivity index (χ0v) is 11.0. The molecular weight excluding hydrogens is 234 g/mol. The quantitative estimate of drug-likeness (QED) is 0.843. The lowest BCUT2D eigenvalue weighted by Gasteiger charge is -2.08. The summed E-state index contributed by atoms with van der Waals surface area (Å²) < 4.78 is 5.58. The van der Waals surface area contributed by atoms with Gasteiger partial charge in [-0.1, -0.05) is 0 Å². The average molecular weight is 253 g/mol. The molecule has 1 aliphatic rings. The van der Waals surface area contributed by atoms with E-state index >= 15 is 0 Å². The van der Waals surface area contributed by atoms with Gasteiger partial charge in [0.1, 0.15) is 5.82 Å². The van der Waals surface area contributed by atoms with Crippen molar-refractivity contribution >= 4 is 17.6 Å². The standard InChI is InChI=1S/C12H19N3OS/c1-2-13-12-7-14-10(6-15-12)8-17-9-11-4-3-5-16-11/h6-7,11H,2-5,8-9H2,1H3,(H,13,15). The molecule has 1 aromatic heterocycles. The van der Waals surface area contributed by atoms with Gasteiger partial charge < -0.3 is 10.1 Å². The van der Waals surface area contributed by atoms with Gasteiger partial charge in [0.15, 0.2) is 0 Å². The molecule has 1 N–H and O–H groups in total. The van der Waals surface area contributed by atoms with Gasteiger partial charge in [0.05, 0.1) is 24.2 Å². The van der Waals surface area contributed by atoms with Gasteiger partial charge in [-0.15, -0.1) is 0 Å². The molecule has 1 atom stereocenters. The van der Waals surface area contributed by atoms with Gasteiger partial charge in [0, 0.05) is 24.7 Å². The van der Waals surface area contributed by atoms with Crippen LogP contribution in [-0.4, -0.2) is 35.0 Å². The fourth-order valence-corrected chi connectivity index (χ4v) is 2.77. The Morgan fingerprint density at radius 2 is 2.41 bits per heavy atom. The summed E-state index contributed by atoms with van der Waals surface area (Å²) in [6.07, 6.45) is 6.51. The summed E-state index contributed by atoms with van der Waals surface area (Å²) in [6.45, 7) is 3.86. The molecule has 0 aromatic carbocycles. The molecule has 5 heteroatoms. The molecule has 94 valence electrons. The fraction of sp³-hybridized carbons (Fsp3) is 0.667. The molecule has 1 saturated heterocycles. The predicted octanol–water partition coefficient (Wildman–Crippen LogP) is 2.32. The Morgan fingerprint density at radius 1 is 1.47 bits per heavy atom. The third kappa shape index (κ3) is 4.16. The van der Waals surface area contributed by atoms with Crippen LogP contribution in [0.15, 0.2) is 12.4 Å². The lowest BCUT2D eigenvalue weighted by atomic mass is 10.3. The number of hydrogen-bond donors (Lipinski definition) is 1. The predicted molar refractivity (Wildman–Crippen MR) is 71.3 cm³/mol. The van der Waals surface area contributed by atoms with E-state index in [4.69, 9.17) is 4.74 Å². The highest BCUT2D eigenvalue weighted by molar-refractivity contribution is 7.98. The van der Waals surface area contributed by atoms with E-state index in [-0.39, 0.29) is 0 Å². The number of hydrogen-bond acceptors (Lipinski definition) is 5. The van der Waals surface area contributed by atoms with E-state index in [0.29, 0.717) is 6.10 Å². The third-order valence-electron chi connectivity index (χ3n) is 2.64. The molecule has 1 aliphatic heterocycles. The van der Waals surface area contributed by atoms with Crippen LogP contribution in [0.1, 0.15) is 25.5 Å². The van der Waals surface area contributed by atoms with Gasteiger partial charge in [0.25, 0.3) is 0 Å². The third-order valence-corrected chi connectivity index (χ3v) is 3.75. The van der Waals surface area contributed by atoms with Crippen LogP contribution in [0.5, 0.6) is 0 Å². The first-order chi connectivity index (χ1) is 8.38. The Labute approximate surface area is 107 Å². The molecule has 1 aromatic rings. The number of rotatable bonds is 6. The maximum Gasteiger partial charge on any atom is 0.144 e. The Hall–Kier alpha value is -0.810. The van der Waals surface area contributed by atoms with Crippen molar-refractivity contribution in [3.05, 3.63) is 18.1 Å². The number of anilines is 1. The van der Waals surface area contributed by atoms with Crippen molar-refractivity contribution in [3.8, 4) is 0 Å². The highest BCUT2D eigenvalue weighted by atomic mass is 32.2. The van der Waals surface area contributed by atoms with Crippen molar-refractivity contribution in [2.75, 3.05) is 24.2 Å². The molecule has 0 radical (unpaired) electrons. The summed E-state index contributed by atoms with van der Waals surface area (Å²) in [4.78, 5) is 8.68. The topological polar surface area (TPSA) is 47.0 Å². The van der Waals surface area contributed by atoms with Gasteiger partial charge in [-0.25, -0.2) is 4.98 Å². The minimum absolute atomic E-state index is 0.453. The molecule has 0 amide bonds. The number of aromatic nitrogens is 2. The Balaban J connectivity index is 1.70. The van der Waals surface area contributed by atoms with Gasteiger partial charge in [0.2, 0.25) is 0 Å². The van der Waals surface area contributed by atoms with E-state index in [2.05, 4.69) is 15.3 Å². The minimum Gasteiger partial charge on any atom is -0.377 e. The summed E-state index contributed by atoms with van der Waals surface area (Å²) in [5.74, 6) is 2.83. The molecule has 0 spiro atoms. The Morgan fingerprint density at radius 3 is 3.06 bits per heavy atom. The molecule has 0 bridgehead atoms. The van der Waals surface area contributed by atoms with Crippen molar-refractivity contribution < 1.29 is 4.74 Å². The van der Waals surface area contributed by atoms with E-state index in [1.165, 1.54) is 12.8 Å². The van der Waals surface area contributed by atoms with E-state index in [1.807, 2.05) is 24.9 Å². The largest absolute Gasteiger partial charge is 0.377 e. The molecule has 1 fully saturated rings. The summed E-state index contributed by atoms with van der Waals surface area (Å²) in [6, 6.07) is 0. The summed E-state index contributed by atoms with van der Waals surface area (Å²) >= 11 is 1.87. The van der Waals surface area contributed by atoms with Crippen LogP contribution < -0.4 is 5.32 Å². The molecule has 2 rings (SSSR count). The van der Waals surface area contributed by atoms with Crippen LogP contribution in [-0.2, 0) is 10.5 Å². The Bertz CT molecular complexity index is 325. The minimum atomic E-state index is 0.453. The van der Waals surface area contributed by atoms with E-state index in [9.17, 15) is 0 Å². The van der Waals surface area contributed by atoms with E-state index in [1.54, 1.807) is 6.20 Å². The Kier molecular flexibility index (Phi) is 5.07. The molecule has 17 heavy (non-hydrogen) atoms. The van der Waals surface area contributed by atoms with E-state index in [0.717, 1.165) is 36.2 Å². The van der Waals surface area contributed by atoms with Crippen LogP contribution >= 0.6 is 11.8 Å². The van der Waals surface area contributed by atoms with Crippen molar-refractivity contribution in [2.24, 2.45) is 0 Å². The van der Waals surface area contributed by atoms with Gasteiger partial charge >= 0.3 is 0 Å². The van der Waals surface area contributed by atoms with Crippen LogP contribution in [0.2, 0.25) is 0 Å². The molecule has 1 unspecified atom stereocenters. The summed E-state index contributed by atoms with van der Waals surface area (Å²) in [5, 5.41) is 3.14. The van der Waals surface area contributed by atoms with Crippen LogP contribution in [0.25, 0.3) is 0 Å². The number of thioether (sulfide) groups is 1. The van der Waals surface area contributed by atoms with Crippen LogP contribution in [0.3, 0.4) is 0 Å². The van der Waals surface area contributed by atoms with Crippen molar-refractivity contribution in [2.45, 2.75) is 31.6 Å². The van der Waals surface area contributed by atoms with Crippen LogP contribution in [0.4, 0.5) is 5.82 Å². The maximum absolute atomic E-state index is 5.58. The smallest absolute Gasteiger partial charge is 0.144 e. The maximum atomic E-state index is 5.58. The van der Waals surface area contributed by atoms with Crippen molar-refractivity contribution in [3.63, 3.8) is 0 Å². The molecule has 0 saturated carbocycles. The van der Waals surface area contributed by atoms with Gasteiger partial charge in [-0.2, -0.15) is 11.8 Å². The summed E-state index contributed by atoms with van der Waals surface area (Å²) in [7, 11) is 0. The number of ether oxygens (including phenoxy) is 1. The lowest BCUT2D eigenvalue weighted by Crippen LogP contribution is -2.08. The highest BCUT2D eigenvalue weighted by Crippen LogP contribution is 2.19. The van der Waals surface area contributed by atoms with E-state index < -0.39 is 0 Å². The van der Waals surface area contributed by atoms with Crippen molar-refractivity contribution in [1.29, 1.82) is 0 Å². The van der Waals surface area contributed by atoms with Gasteiger partial charge in [-0.3, -0.25) is 4.98 Å². The first-order valence-corrected chi connectivity index (χ1v) is 7.28. The lowest BCUT2D eigenvalue weighted by molar-refractivity contribution is 0.129. The zero-order chi connectivity index (χ0) is 11.9. The molecule has 0 aliphatic carbocycles. The highest BCUT2D eigenvalue weighted by Gasteiger charge is 2.14. The monoisotopic (exact) mass is 253 g/mol. The van der Waals surface area contributed by atoms with Crippen LogP contribution in [0, 0.1) is 0 Å². The average Bonchev–Trinajstić information content (AvgIpc) is 2.85. The first kappa shape index (κ1) is 12.6. The second-order valence-electron chi connectivity index (χ2n) is 4.07. The van der Waals surface area contributed by atoms with Gasteiger partial charge in [-0.05, 0) is 19.8 Å². The molecular formula is C12H19N3OS. The normalized spacial score (nSPS) is 19.5. The van der Waals surface area contributed by atoms with Crippen molar-refractivity contribution in [1.82, 2.24) is 9.97 Å². The number of nitrogens with zero attached hydrogens (tertiary/aromatic N) is 2. The molecule has 2 heterocycles. The second-order valence-corrected chi connectivity index (χ2v) is 5.10. The zero-order valence-electron chi connectivity index (χ0n) is 10.2.